The van der Waals surface area contributed by atoms with Gasteiger partial charge in [-0.2, -0.15) is 0 Å². The number of ether oxygens (including phenoxy) is 2. The minimum absolute atomic E-state index is 0.214. The summed E-state index contributed by atoms with van der Waals surface area (Å²) in [6.07, 6.45) is 3.55. The van der Waals surface area contributed by atoms with E-state index in [1.54, 1.807) is 18.2 Å². The van der Waals surface area contributed by atoms with Crippen LogP contribution in [0.15, 0.2) is 18.2 Å². The molecule has 1 aliphatic rings. The molecule has 0 radical (unpaired) electrons. The summed E-state index contributed by atoms with van der Waals surface area (Å²) in [5, 5.41) is 0. The van der Waals surface area contributed by atoms with Crippen molar-refractivity contribution < 1.29 is 17.9 Å². The van der Waals surface area contributed by atoms with E-state index in [4.69, 9.17) is 20.2 Å². The summed E-state index contributed by atoms with van der Waals surface area (Å²) in [7, 11) is 3.19. The molecule has 18 heavy (non-hydrogen) atoms. The van der Waals surface area contributed by atoms with E-state index in [0.717, 1.165) is 12.8 Å². The lowest BCUT2D eigenvalue weighted by molar-refractivity contribution is 0.116. The van der Waals surface area contributed by atoms with Gasteiger partial charge in [-0.1, -0.05) is 6.07 Å². The zero-order chi connectivity index (χ0) is 13.2. The first-order valence-electron chi connectivity index (χ1n) is 5.74. The molecule has 0 aliphatic heterocycles. The lowest BCUT2D eigenvalue weighted by Crippen LogP contribution is -2.24. The Kier molecular flexibility index (Phi) is 4.02. The molecule has 0 atom stereocenters. The van der Waals surface area contributed by atoms with Crippen molar-refractivity contribution in [1.29, 1.82) is 0 Å². The lowest BCUT2D eigenvalue weighted by atomic mass is 9.96. The molecule has 0 amide bonds. The van der Waals surface area contributed by atoms with Crippen LogP contribution in [0.3, 0.4) is 0 Å². The van der Waals surface area contributed by atoms with Crippen LogP contribution in [0.4, 0.5) is 0 Å². The molecule has 0 saturated heterocycles. The molecule has 0 unspecified atom stereocenters. The smallest absolute Gasteiger partial charge is 0.236 e. The van der Waals surface area contributed by atoms with Crippen LogP contribution in [0.25, 0.3) is 0 Å². The fraction of sp³-hybridized carbons (Fsp3) is 0.500. The van der Waals surface area contributed by atoms with E-state index in [1.807, 2.05) is 0 Å². The van der Waals surface area contributed by atoms with Crippen LogP contribution >= 0.6 is 10.7 Å². The fourth-order valence-corrected chi connectivity index (χ4v) is 2.72. The van der Waals surface area contributed by atoms with Gasteiger partial charge in [0.05, 0.1) is 19.0 Å². The predicted molar refractivity (Wildman–Crippen MR) is 69.7 cm³/mol. The Morgan fingerprint density at radius 3 is 2.56 bits per heavy atom. The Balaban J connectivity index is 2.16. The van der Waals surface area contributed by atoms with Crippen molar-refractivity contribution in [2.75, 3.05) is 7.11 Å². The van der Waals surface area contributed by atoms with Crippen LogP contribution in [-0.4, -0.2) is 21.6 Å². The predicted octanol–water partition coefficient (Wildman–Crippen LogP) is 2.70. The van der Waals surface area contributed by atoms with Crippen molar-refractivity contribution >= 4 is 19.7 Å². The highest BCUT2D eigenvalue weighted by molar-refractivity contribution is 8.13. The first kappa shape index (κ1) is 13.5. The van der Waals surface area contributed by atoms with Gasteiger partial charge in [0.2, 0.25) is 9.05 Å². The minimum Gasteiger partial charge on any atom is -0.493 e. The van der Waals surface area contributed by atoms with Gasteiger partial charge < -0.3 is 9.47 Å². The molecule has 0 heterocycles. The standard InChI is InChI=1S/C12H15ClO4S/c1-16-12-7-9(8-18(13,14)15)5-6-11(12)17-10-3-2-4-10/h5-7,10H,2-4,8H2,1H3. The number of methoxy groups -OCH3 is 1. The second-order valence-electron chi connectivity index (χ2n) is 4.34. The molecular formula is C12H15ClO4S. The van der Waals surface area contributed by atoms with Gasteiger partial charge in [-0.05, 0) is 37.0 Å². The van der Waals surface area contributed by atoms with Gasteiger partial charge >= 0.3 is 0 Å². The number of benzene rings is 1. The normalized spacial score (nSPS) is 16.1. The molecule has 1 saturated carbocycles. The van der Waals surface area contributed by atoms with Crippen LogP contribution in [0.2, 0.25) is 0 Å². The van der Waals surface area contributed by atoms with Crippen LogP contribution in [0.5, 0.6) is 11.5 Å². The zero-order valence-electron chi connectivity index (χ0n) is 10.1. The second-order valence-corrected chi connectivity index (χ2v) is 7.12. The van der Waals surface area contributed by atoms with Crippen molar-refractivity contribution in [3.63, 3.8) is 0 Å². The number of halogens is 1. The highest BCUT2D eigenvalue weighted by Gasteiger charge is 2.21. The highest BCUT2D eigenvalue weighted by atomic mass is 35.7. The molecule has 0 spiro atoms. The minimum atomic E-state index is -3.56. The Bertz CT molecular complexity index is 523. The van der Waals surface area contributed by atoms with Crippen molar-refractivity contribution in [2.24, 2.45) is 0 Å². The molecule has 1 aromatic rings. The second kappa shape index (κ2) is 5.36. The van der Waals surface area contributed by atoms with Crippen molar-refractivity contribution in [1.82, 2.24) is 0 Å². The molecule has 6 heteroatoms. The quantitative estimate of drug-likeness (QED) is 0.783. The van der Waals surface area contributed by atoms with Crippen molar-refractivity contribution in [3.8, 4) is 11.5 Å². The monoisotopic (exact) mass is 290 g/mol. The highest BCUT2D eigenvalue weighted by Crippen LogP contribution is 2.33. The topological polar surface area (TPSA) is 52.6 Å². The molecular weight excluding hydrogens is 276 g/mol. The summed E-state index contributed by atoms with van der Waals surface area (Å²) in [6, 6.07) is 5.07. The van der Waals surface area contributed by atoms with E-state index in [1.165, 1.54) is 13.5 Å². The van der Waals surface area contributed by atoms with Gasteiger partial charge in [0, 0.05) is 10.7 Å². The molecule has 0 N–H and O–H groups in total. The Labute approximate surface area is 111 Å². The van der Waals surface area contributed by atoms with Gasteiger partial charge in [0.15, 0.2) is 11.5 Å². The first-order chi connectivity index (χ1) is 8.48. The molecule has 4 nitrogen and oxygen atoms in total. The van der Waals surface area contributed by atoms with Crippen LogP contribution in [0, 0.1) is 0 Å². The van der Waals surface area contributed by atoms with Gasteiger partial charge in [-0.15, -0.1) is 0 Å². The van der Waals surface area contributed by atoms with Gasteiger partial charge in [0.25, 0.3) is 0 Å². The maximum absolute atomic E-state index is 11.0. The molecule has 100 valence electrons. The summed E-state index contributed by atoms with van der Waals surface area (Å²) in [6.45, 7) is 0. The molecule has 1 aromatic carbocycles. The Morgan fingerprint density at radius 1 is 1.33 bits per heavy atom. The average Bonchev–Trinajstić information content (AvgIpc) is 2.22. The summed E-state index contributed by atoms with van der Waals surface area (Å²) < 4.78 is 33.0. The fourth-order valence-electron chi connectivity index (χ4n) is 1.77. The molecule has 2 rings (SSSR count). The third kappa shape index (κ3) is 3.53. The summed E-state index contributed by atoms with van der Waals surface area (Å²) in [5.74, 6) is 0.979. The van der Waals surface area contributed by atoms with E-state index >= 15 is 0 Å². The third-order valence-corrected chi connectivity index (χ3v) is 3.92. The van der Waals surface area contributed by atoms with E-state index in [-0.39, 0.29) is 11.9 Å². The zero-order valence-corrected chi connectivity index (χ0v) is 11.6. The van der Waals surface area contributed by atoms with Gasteiger partial charge in [-0.3, -0.25) is 0 Å². The summed E-state index contributed by atoms with van der Waals surface area (Å²) in [5.41, 5.74) is 0.586. The molecule has 0 bridgehead atoms. The van der Waals surface area contributed by atoms with Gasteiger partial charge in [-0.25, -0.2) is 8.42 Å². The molecule has 1 aliphatic carbocycles. The maximum Gasteiger partial charge on any atom is 0.236 e. The molecule has 0 aromatic heterocycles. The van der Waals surface area contributed by atoms with Crippen molar-refractivity contribution in [2.45, 2.75) is 31.1 Å². The van der Waals surface area contributed by atoms with Gasteiger partial charge in [0.1, 0.15) is 0 Å². The number of rotatable bonds is 5. The van der Waals surface area contributed by atoms with E-state index in [0.29, 0.717) is 17.1 Å². The van der Waals surface area contributed by atoms with E-state index in [9.17, 15) is 8.42 Å². The first-order valence-corrected chi connectivity index (χ1v) is 8.22. The van der Waals surface area contributed by atoms with E-state index in [2.05, 4.69) is 0 Å². The maximum atomic E-state index is 11.0. The summed E-state index contributed by atoms with van der Waals surface area (Å²) in [4.78, 5) is 0. The largest absolute Gasteiger partial charge is 0.493 e. The van der Waals surface area contributed by atoms with Crippen molar-refractivity contribution in [3.05, 3.63) is 23.8 Å². The number of hydrogen-bond acceptors (Lipinski definition) is 4. The van der Waals surface area contributed by atoms with E-state index < -0.39 is 9.05 Å². The van der Waals surface area contributed by atoms with Crippen LogP contribution in [0.1, 0.15) is 24.8 Å². The Morgan fingerprint density at radius 2 is 2.06 bits per heavy atom. The third-order valence-electron chi connectivity index (χ3n) is 2.91. The Hall–Kier alpha value is -0.940. The summed E-state index contributed by atoms with van der Waals surface area (Å²) >= 11 is 0. The van der Waals surface area contributed by atoms with Crippen LogP contribution < -0.4 is 9.47 Å². The lowest BCUT2D eigenvalue weighted by Gasteiger charge is -2.27. The number of hydrogen-bond donors (Lipinski definition) is 0. The van der Waals surface area contributed by atoms with Crippen LogP contribution in [-0.2, 0) is 14.8 Å². The SMILES string of the molecule is COc1cc(CS(=O)(=O)Cl)ccc1OC1CCC1. The average molecular weight is 291 g/mol. The molecule has 1 fully saturated rings.